The lowest BCUT2D eigenvalue weighted by Crippen LogP contribution is -2.43. The Morgan fingerprint density at radius 1 is 0.760 bits per heavy atom. The molecular formula is C18H22Cl4O2Si. The van der Waals surface area contributed by atoms with Gasteiger partial charge in [-0.2, -0.15) is 0 Å². The van der Waals surface area contributed by atoms with Gasteiger partial charge < -0.3 is 9.53 Å². The monoisotopic (exact) mass is 438 g/mol. The predicted octanol–water partition coefficient (Wildman–Crippen LogP) is 8.08. The van der Waals surface area contributed by atoms with Crippen molar-refractivity contribution in [2.24, 2.45) is 0 Å². The normalized spacial score (nSPS) is 11.6. The smallest absolute Gasteiger partial charge is 0.250 e. The van der Waals surface area contributed by atoms with Crippen LogP contribution in [0.4, 0.5) is 0 Å². The second kappa shape index (κ2) is 8.87. The van der Waals surface area contributed by atoms with Gasteiger partial charge >= 0.3 is 0 Å². The highest BCUT2D eigenvalue weighted by atomic mass is 35.5. The van der Waals surface area contributed by atoms with Crippen LogP contribution in [0.25, 0.3) is 0 Å². The molecule has 0 heterocycles. The second-order valence-electron chi connectivity index (χ2n) is 7.10. The molecule has 2 nitrogen and oxygen atoms in total. The van der Waals surface area contributed by atoms with E-state index >= 15 is 0 Å². The van der Waals surface area contributed by atoms with E-state index in [1.54, 1.807) is 12.1 Å². The van der Waals surface area contributed by atoms with Crippen molar-refractivity contribution < 1.29 is 9.53 Å². The van der Waals surface area contributed by atoms with E-state index in [-0.39, 0.29) is 10.8 Å². The molecule has 2 aromatic rings. The van der Waals surface area contributed by atoms with Crippen molar-refractivity contribution in [3.63, 3.8) is 0 Å². The van der Waals surface area contributed by atoms with E-state index < -0.39 is 8.32 Å². The van der Waals surface area contributed by atoms with Gasteiger partial charge in [0.2, 0.25) is 8.32 Å². The van der Waals surface area contributed by atoms with Crippen LogP contribution in [0, 0.1) is 0 Å². The Kier molecular flexibility index (Phi) is 7.97. The molecule has 0 amide bonds. The van der Waals surface area contributed by atoms with Crippen LogP contribution < -0.4 is 4.43 Å². The van der Waals surface area contributed by atoms with E-state index in [1.807, 2.05) is 12.1 Å². The van der Waals surface area contributed by atoms with Gasteiger partial charge in [0.1, 0.15) is 11.5 Å². The van der Waals surface area contributed by atoms with Gasteiger partial charge in [0.05, 0.1) is 0 Å². The fraction of sp³-hybridized carbons (Fsp3) is 0.333. The fourth-order valence-corrected chi connectivity index (χ4v) is 3.61. The molecule has 0 fully saturated rings. The summed E-state index contributed by atoms with van der Waals surface area (Å²) in [6.07, 6.45) is 0. The standard InChI is InChI=1S/C12H18Cl2OSi.C6H4Cl2O/c1-12(2,3)16(4,5)15-11-7-9(13)6-10(14)8-11;7-4-1-5(8)3-6(9)2-4/h6-8H,1-5H3;1-3,9H. The van der Waals surface area contributed by atoms with Gasteiger partial charge in [-0.3, -0.25) is 0 Å². The van der Waals surface area contributed by atoms with Crippen molar-refractivity contribution in [1.29, 1.82) is 0 Å². The molecule has 25 heavy (non-hydrogen) atoms. The summed E-state index contributed by atoms with van der Waals surface area (Å²) in [7, 11) is -1.81. The van der Waals surface area contributed by atoms with E-state index in [1.165, 1.54) is 12.1 Å². The maximum atomic E-state index is 8.82. The summed E-state index contributed by atoms with van der Waals surface area (Å²) in [5.74, 6) is 0.858. The van der Waals surface area contributed by atoms with Crippen LogP contribution in [0.3, 0.4) is 0 Å². The Morgan fingerprint density at radius 2 is 1.12 bits per heavy atom. The van der Waals surface area contributed by atoms with Crippen LogP contribution in [0.2, 0.25) is 38.2 Å². The molecule has 1 N–H and O–H groups in total. The Hall–Kier alpha value is -0.583. The van der Waals surface area contributed by atoms with Crippen molar-refractivity contribution in [2.45, 2.75) is 38.9 Å². The first-order chi connectivity index (χ1) is 11.3. The summed E-state index contributed by atoms with van der Waals surface area (Å²) in [5.41, 5.74) is 0. The highest BCUT2D eigenvalue weighted by molar-refractivity contribution is 6.74. The highest BCUT2D eigenvalue weighted by Gasteiger charge is 2.39. The van der Waals surface area contributed by atoms with E-state index in [2.05, 4.69) is 33.9 Å². The zero-order chi connectivity index (χ0) is 19.4. The van der Waals surface area contributed by atoms with E-state index in [0.717, 1.165) is 5.75 Å². The number of hydrogen-bond acceptors (Lipinski definition) is 2. The van der Waals surface area contributed by atoms with E-state index in [0.29, 0.717) is 20.1 Å². The maximum Gasteiger partial charge on any atom is 0.250 e. The first kappa shape index (κ1) is 22.5. The molecule has 0 unspecified atom stereocenters. The molecule has 0 aliphatic rings. The van der Waals surface area contributed by atoms with Gasteiger partial charge in [-0.15, -0.1) is 0 Å². The van der Waals surface area contributed by atoms with Crippen LogP contribution >= 0.6 is 46.4 Å². The van der Waals surface area contributed by atoms with Crippen LogP contribution in [-0.4, -0.2) is 13.4 Å². The molecule has 2 rings (SSSR count). The molecule has 2 aromatic carbocycles. The van der Waals surface area contributed by atoms with Crippen LogP contribution in [0.15, 0.2) is 36.4 Å². The van der Waals surface area contributed by atoms with E-state index in [4.69, 9.17) is 55.9 Å². The molecule has 0 saturated heterocycles. The van der Waals surface area contributed by atoms with Gasteiger partial charge in [-0.05, 0) is 54.5 Å². The number of aromatic hydroxyl groups is 1. The van der Waals surface area contributed by atoms with Crippen LogP contribution in [0.1, 0.15) is 20.8 Å². The van der Waals surface area contributed by atoms with Gasteiger partial charge in [-0.1, -0.05) is 67.2 Å². The molecule has 0 spiro atoms. The number of phenols is 1. The average molecular weight is 440 g/mol. The molecule has 138 valence electrons. The quantitative estimate of drug-likeness (QED) is 0.479. The molecule has 0 saturated carbocycles. The third kappa shape index (κ3) is 7.67. The minimum Gasteiger partial charge on any atom is -0.543 e. The first-order valence-electron chi connectivity index (χ1n) is 7.60. The number of phenolic OH excluding ortho intramolecular Hbond substituents is 1. The third-order valence-corrected chi connectivity index (χ3v) is 9.09. The summed E-state index contributed by atoms with van der Waals surface area (Å²) in [6.45, 7) is 11.0. The van der Waals surface area contributed by atoms with Crippen molar-refractivity contribution in [2.75, 3.05) is 0 Å². The molecule has 0 aromatic heterocycles. The third-order valence-electron chi connectivity index (χ3n) is 3.86. The highest BCUT2D eigenvalue weighted by Crippen LogP contribution is 2.38. The number of rotatable bonds is 2. The SMILES string of the molecule is CC(C)(C)[Si](C)(C)Oc1cc(Cl)cc(Cl)c1.Oc1cc(Cl)cc(Cl)c1. The minimum absolute atomic E-state index is 0.0903. The van der Waals surface area contributed by atoms with Crippen molar-refractivity contribution >= 4 is 54.7 Å². The lowest BCUT2D eigenvalue weighted by Gasteiger charge is -2.36. The van der Waals surface area contributed by atoms with Gasteiger partial charge in [0.15, 0.2) is 0 Å². The molecule has 0 bridgehead atoms. The van der Waals surface area contributed by atoms with Crippen molar-refractivity contribution in [1.82, 2.24) is 0 Å². The molecular weight excluding hydrogens is 418 g/mol. The Bertz CT molecular complexity index is 657. The molecule has 0 aliphatic heterocycles. The molecule has 7 heteroatoms. The molecule has 0 radical (unpaired) electrons. The van der Waals surface area contributed by atoms with E-state index in [9.17, 15) is 0 Å². The molecule has 0 atom stereocenters. The summed E-state index contributed by atoms with van der Waals surface area (Å²) in [4.78, 5) is 0. The topological polar surface area (TPSA) is 29.5 Å². The van der Waals surface area contributed by atoms with Crippen molar-refractivity contribution in [3.05, 3.63) is 56.5 Å². The largest absolute Gasteiger partial charge is 0.543 e. The minimum atomic E-state index is -1.81. The summed E-state index contributed by atoms with van der Waals surface area (Å²) in [5, 5.41) is 11.1. The number of hydrogen-bond donors (Lipinski definition) is 1. The Morgan fingerprint density at radius 3 is 1.44 bits per heavy atom. The van der Waals surface area contributed by atoms with Crippen molar-refractivity contribution in [3.8, 4) is 11.5 Å². The first-order valence-corrected chi connectivity index (χ1v) is 12.0. The maximum absolute atomic E-state index is 8.82. The zero-order valence-electron chi connectivity index (χ0n) is 14.8. The zero-order valence-corrected chi connectivity index (χ0v) is 18.9. The number of benzene rings is 2. The lowest BCUT2D eigenvalue weighted by atomic mass is 10.2. The van der Waals surface area contributed by atoms with Crippen LogP contribution in [-0.2, 0) is 0 Å². The van der Waals surface area contributed by atoms with Gasteiger partial charge in [-0.25, -0.2) is 0 Å². The Balaban J connectivity index is 0.000000293. The molecule has 0 aliphatic carbocycles. The van der Waals surface area contributed by atoms with Crippen LogP contribution in [0.5, 0.6) is 11.5 Å². The summed E-state index contributed by atoms with van der Waals surface area (Å²) in [6, 6.07) is 9.74. The van der Waals surface area contributed by atoms with Gasteiger partial charge in [0, 0.05) is 20.1 Å². The number of halogens is 4. The second-order valence-corrected chi connectivity index (χ2v) is 13.6. The Labute approximate surface area is 170 Å². The lowest BCUT2D eigenvalue weighted by molar-refractivity contribution is 0.475. The predicted molar refractivity (Wildman–Crippen MR) is 112 cm³/mol. The average Bonchev–Trinajstić information content (AvgIpc) is 2.33. The fourth-order valence-electron chi connectivity index (χ4n) is 1.57. The van der Waals surface area contributed by atoms with Gasteiger partial charge in [0.25, 0.3) is 0 Å². The summed E-state index contributed by atoms with van der Waals surface area (Å²) >= 11 is 22.9. The summed E-state index contributed by atoms with van der Waals surface area (Å²) < 4.78 is 6.10.